The molecule has 2 aliphatic rings. The molecule has 0 aromatic carbocycles. The Morgan fingerprint density at radius 1 is 1.25 bits per heavy atom. The molecular weight excluding hydrogens is 310 g/mol. The summed E-state index contributed by atoms with van der Waals surface area (Å²) in [5, 5.41) is 3.98. The summed E-state index contributed by atoms with van der Waals surface area (Å²) in [6.45, 7) is 1.64. The summed E-state index contributed by atoms with van der Waals surface area (Å²) >= 11 is 0. The van der Waals surface area contributed by atoms with Crippen LogP contribution in [0.3, 0.4) is 0 Å². The van der Waals surface area contributed by atoms with Crippen molar-refractivity contribution < 1.29 is 14.1 Å². The van der Waals surface area contributed by atoms with Crippen LogP contribution in [0.5, 0.6) is 0 Å². The summed E-state index contributed by atoms with van der Waals surface area (Å²) in [6.07, 6.45) is 8.57. The lowest BCUT2D eigenvalue weighted by atomic mass is 10.1. The quantitative estimate of drug-likeness (QED) is 0.821. The Bertz CT molecular complexity index is 693. The number of nitrogens with zero attached hydrogens (tertiary/aromatic N) is 5. The first-order valence-corrected chi connectivity index (χ1v) is 8.29. The number of hydrogen-bond acceptors (Lipinski definition) is 7. The first-order chi connectivity index (χ1) is 11.8. The maximum atomic E-state index is 12.3. The van der Waals surface area contributed by atoms with Gasteiger partial charge in [0.2, 0.25) is 0 Å². The highest BCUT2D eigenvalue weighted by Gasteiger charge is 2.29. The predicted octanol–water partition coefficient (Wildman–Crippen LogP) is 1.56. The number of hydrogen-bond donors (Lipinski definition) is 0. The Balaban J connectivity index is 1.24. The minimum absolute atomic E-state index is 0.0764. The highest BCUT2D eigenvalue weighted by atomic mass is 16.5. The van der Waals surface area contributed by atoms with Gasteiger partial charge in [-0.3, -0.25) is 9.78 Å². The Hall–Kier alpha value is -2.35. The van der Waals surface area contributed by atoms with Crippen LogP contribution in [0.25, 0.3) is 0 Å². The molecule has 1 aliphatic carbocycles. The zero-order chi connectivity index (χ0) is 16.4. The molecule has 0 spiro atoms. The summed E-state index contributed by atoms with van der Waals surface area (Å²) in [6, 6.07) is 0. The van der Waals surface area contributed by atoms with E-state index in [1.165, 1.54) is 12.4 Å². The zero-order valence-corrected chi connectivity index (χ0v) is 13.3. The number of aromatic nitrogens is 4. The minimum atomic E-state index is -0.0764. The lowest BCUT2D eigenvalue weighted by Crippen LogP contribution is -2.41. The maximum absolute atomic E-state index is 12.3. The van der Waals surface area contributed by atoms with Gasteiger partial charge in [0.05, 0.1) is 12.3 Å². The van der Waals surface area contributed by atoms with Crippen LogP contribution in [-0.4, -0.2) is 50.1 Å². The monoisotopic (exact) mass is 329 g/mol. The molecule has 24 heavy (non-hydrogen) atoms. The Morgan fingerprint density at radius 3 is 2.79 bits per heavy atom. The summed E-state index contributed by atoms with van der Waals surface area (Å²) in [7, 11) is 0. The third kappa shape index (κ3) is 3.43. The molecule has 0 unspecified atom stereocenters. The fourth-order valence-electron chi connectivity index (χ4n) is 2.82. The van der Waals surface area contributed by atoms with E-state index in [9.17, 15) is 4.79 Å². The molecular formula is C16H19N5O3. The number of amides is 1. The van der Waals surface area contributed by atoms with Crippen molar-refractivity contribution in [2.75, 3.05) is 13.1 Å². The van der Waals surface area contributed by atoms with E-state index in [1.807, 2.05) is 0 Å². The van der Waals surface area contributed by atoms with E-state index < -0.39 is 0 Å². The van der Waals surface area contributed by atoms with E-state index in [2.05, 4.69) is 20.1 Å². The SMILES string of the molecule is O=C(c1cnccn1)N1CCC(OCc2nc(C3CC3)no2)CC1. The number of ether oxygens (including phenoxy) is 1. The van der Waals surface area contributed by atoms with Crippen LogP contribution in [-0.2, 0) is 11.3 Å². The van der Waals surface area contributed by atoms with E-state index in [-0.39, 0.29) is 12.0 Å². The van der Waals surface area contributed by atoms with Crippen LogP contribution in [0.4, 0.5) is 0 Å². The van der Waals surface area contributed by atoms with E-state index >= 15 is 0 Å². The smallest absolute Gasteiger partial charge is 0.274 e. The molecule has 8 nitrogen and oxygen atoms in total. The molecule has 4 rings (SSSR count). The molecule has 0 atom stereocenters. The van der Waals surface area contributed by atoms with Crippen LogP contribution in [0.2, 0.25) is 0 Å². The highest BCUT2D eigenvalue weighted by molar-refractivity contribution is 5.92. The van der Waals surface area contributed by atoms with Crippen molar-refractivity contribution in [1.29, 1.82) is 0 Å². The number of carbonyl (C=O) groups excluding carboxylic acids is 1. The number of carbonyl (C=O) groups is 1. The van der Waals surface area contributed by atoms with Gasteiger partial charge >= 0.3 is 0 Å². The van der Waals surface area contributed by atoms with Crippen molar-refractivity contribution in [1.82, 2.24) is 25.0 Å². The summed E-state index contributed by atoms with van der Waals surface area (Å²) in [4.78, 5) is 26.5. The Kier molecular flexibility index (Phi) is 4.20. The van der Waals surface area contributed by atoms with Gasteiger partial charge in [-0.25, -0.2) is 4.98 Å². The van der Waals surface area contributed by atoms with Gasteiger partial charge in [-0.05, 0) is 25.7 Å². The second-order valence-corrected chi connectivity index (χ2v) is 6.21. The molecule has 0 radical (unpaired) electrons. The molecule has 1 saturated heterocycles. The molecule has 126 valence electrons. The van der Waals surface area contributed by atoms with Crippen LogP contribution in [0, 0.1) is 0 Å². The predicted molar refractivity (Wildman–Crippen MR) is 82.0 cm³/mol. The van der Waals surface area contributed by atoms with Crippen molar-refractivity contribution in [3.05, 3.63) is 36.0 Å². The van der Waals surface area contributed by atoms with Crippen LogP contribution in [0.1, 0.15) is 53.8 Å². The highest BCUT2D eigenvalue weighted by Crippen LogP contribution is 2.38. The van der Waals surface area contributed by atoms with Gasteiger partial charge in [0.25, 0.3) is 11.8 Å². The third-order valence-corrected chi connectivity index (χ3v) is 4.38. The normalized spacial score (nSPS) is 18.8. The molecule has 1 saturated carbocycles. The molecule has 3 heterocycles. The number of likely N-dealkylation sites (tertiary alicyclic amines) is 1. The number of piperidine rings is 1. The number of rotatable bonds is 5. The van der Waals surface area contributed by atoms with Crippen molar-refractivity contribution in [3.8, 4) is 0 Å². The van der Waals surface area contributed by atoms with Gasteiger partial charge in [-0.1, -0.05) is 5.16 Å². The van der Waals surface area contributed by atoms with Crippen molar-refractivity contribution in [2.45, 2.75) is 44.3 Å². The van der Waals surface area contributed by atoms with E-state index in [4.69, 9.17) is 9.26 Å². The Labute approximate surface area is 139 Å². The maximum Gasteiger partial charge on any atom is 0.274 e. The lowest BCUT2D eigenvalue weighted by molar-refractivity contribution is -0.00989. The molecule has 1 amide bonds. The van der Waals surface area contributed by atoms with Gasteiger partial charge in [-0.2, -0.15) is 4.98 Å². The molecule has 2 aromatic heterocycles. The first kappa shape index (κ1) is 15.2. The second kappa shape index (κ2) is 6.64. The lowest BCUT2D eigenvalue weighted by Gasteiger charge is -2.31. The van der Waals surface area contributed by atoms with Crippen molar-refractivity contribution in [3.63, 3.8) is 0 Å². The van der Waals surface area contributed by atoms with Gasteiger partial charge in [0, 0.05) is 31.4 Å². The van der Waals surface area contributed by atoms with Gasteiger partial charge in [0.15, 0.2) is 5.82 Å². The molecule has 0 N–H and O–H groups in total. The van der Waals surface area contributed by atoms with Gasteiger partial charge < -0.3 is 14.2 Å². The van der Waals surface area contributed by atoms with Gasteiger partial charge in [0.1, 0.15) is 12.3 Å². The summed E-state index contributed by atoms with van der Waals surface area (Å²) in [5.41, 5.74) is 0.385. The third-order valence-electron chi connectivity index (χ3n) is 4.38. The summed E-state index contributed by atoms with van der Waals surface area (Å²) in [5.74, 6) is 1.75. The van der Waals surface area contributed by atoms with E-state index in [1.54, 1.807) is 11.1 Å². The second-order valence-electron chi connectivity index (χ2n) is 6.21. The van der Waals surface area contributed by atoms with E-state index in [0.717, 1.165) is 31.5 Å². The van der Waals surface area contributed by atoms with Crippen LogP contribution >= 0.6 is 0 Å². The van der Waals surface area contributed by atoms with Gasteiger partial charge in [-0.15, -0.1) is 0 Å². The molecule has 8 heteroatoms. The van der Waals surface area contributed by atoms with Crippen molar-refractivity contribution >= 4 is 5.91 Å². The van der Waals surface area contributed by atoms with Crippen LogP contribution < -0.4 is 0 Å². The van der Waals surface area contributed by atoms with E-state index in [0.29, 0.717) is 37.2 Å². The van der Waals surface area contributed by atoms with Crippen molar-refractivity contribution in [2.24, 2.45) is 0 Å². The average Bonchev–Trinajstić information content (AvgIpc) is 3.39. The molecule has 1 aliphatic heterocycles. The summed E-state index contributed by atoms with van der Waals surface area (Å²) < 4.78 is 11.1. The first-order valence-electron chi connectivity index (χ1n) is 8.29. The fourth-order valence-corrected chi connectivity index (χ4v) is 2.82. The standard InChI is InChI=1S/C16H19N5O3/c22-16(13-9-17-5-6-18-13)21-7-3-12(4-8-21)23-10-14-19-15(20-24-14)11-1-2-11/h5-6,9,11-12H,1-4,7-8,10H2. The molecule has 2 fully saturated rings. The average molecular weight is 329 g/mol. The fraction of sp³-hybridized carbons (Fsp3) is 0.562. The largest absolute Gasteiger partial charge is 0.368 e. The minimum Gasteiger partial charge on any atom is -0.368 e. The van der Waals surface area contributed by atoms with Crippen LogP contribution in [0.15, 0.2) is 23.1 Å². The zero-order valence-electron chi connectivity index (χ0n) is 13.3. The molecule has 2 aromatic rings. The molecule has 0 bridgehead atoms. The topological polar surface area (TPSA) is 94.2 Å². The Morgan fingerprint density at radius 2 is 2.08 bits per heavy atom.